The molecule has 7 nitrogen and oxygen atoms in total. The number of hydrogen-bond acceptors (Lipinski definition) is 5. The van der Waals surface area contributed by atoms with Crippen molar-refractivity contribution < 1.29 is 14.3 Å². The molecule has 22 heavy (non-hydrogen) atoms. The molecule has 1 fully saturated rings. The van der Waals surface area contributed by atoms with Crippen LogP contribution in [0.1, 0.15) is 37.2 Å². The van der Waals surface area contributed by atoms with Crippen LogP contribution in [0.5, 0.6) is 0 Å². The van der Waals surface area contributed by atoms with Gasteiger partial charge in [0.25, 0.3) is 0 Å². The Hall–Kier alpha value is -2.02. The first-order chi connectivity index (χ1) is 10.5. The Morgan fingerprint density at radius 2 is 2.23 bits per heavy atom. The maximum atomic E-state index is 12.1. The van der Waals surface area contributed by atoms with E-state index in [-0.39, 0.29) is 24.5 Å². The lowest BCUT2D eigenvalue weighted by molar-refractivity contribution is -0.136. The molecule has 2 rings (SSSR count). The SMILES string of the molecule is COCC(=O)N1CCC[C@@H]1c1cncc(CN(C)C(C)=O)n1. The van der Waals surface area contributed by atoms with Crippen LogP contribution < -0.4 is 0 Å². The van der Waals surface area contributed by atoms with Gasteiger partial charge in [-0.05, 0) is 12.8 Å². The summed E-state index contributed by atoms with van der Waals surface area (Å²) in [7, 11) is 3.24. The largest absolute Gasteiger partial charge is 0.375 e. The zero-order chi connectivity index (χ0) is 16.1. The van der Waals surface area contributed by atoms with E-state index in [2.05, 4.69) is 9.97 Å². The monoisotopic (exact) mass is 306 g/mol. The van der Waals surface area contributed by atoms with E-state index >= 15 is 0 Å². The Morgan fingerprint density at radius 1 is 1.45 bits per heavy atom. The third-order valence-corrected chi connectivity index (χ3v) is 3.82. The van der Waals surface area contributed by atoms with Gasteiger partial charge >= 0.3 is 0 Å². The molecule has 0 aliphatic carbocycles. The molecule has 0 unspecified atom stereocenters. The van der Waals surface area contributed by atoms with Crippen LogP contribution in [-0.4, -0.2) is 58.9 Å². The minimum Gasteiger partial charge on any atom is -0.375 e. The molecule has 0 spiro atoms. The third-order valence-electron chi connectivity index (χ3n) is 3.82. The highest BCUT2D eigenvalue weighted by molar-refractivity contribution is 5.78. The van der Waals surface area contributed by atoms with E-state index < -0.39 is 0 Å². The molecule has 120 valence electrons. The van der Waals surface area contributed by atoms with Gasteiger partial charge in [0, 0.05) is 27.6 Å². The minimum absolute atomic E-state index is 0.0232. The molecule has 7 heteroatoms. The molecule has 0 saturated carbocycles. The second kappa shape index (κ2) is 7.31. The summed E-state index contributed by atoms with van der Waals surface area (Å²) < 4.78 is 4.93. The summed E-state index contributed by atoms with van der Waals surface area (Å²) in [4.78, 5) is 35.6. The number of hydrogen-bond donors (Lipinski definition) is 0. The molecule has 0 radical (unpaired) electrons. The third kappa shape index (κ3) is 3.79. The lowest BCUT2D eigenvalue weighted by Crippen LogP contribution is -2.34. The van der Waals surface area contributed by atoms with Gasteiger partial charge in [-0.2, -0.15) is 0 Å². The van der Waals surface area contributed by atoms with Crippen molar-refractivity contribution in [1.82, 2.24) is 19.8 Å². The molecule has 0 N–H and O–H groups in total. The first-order valence-electron chi connectivity index (χ1n) is 7.34. The molecule has 2 amide bonds. The molecular formula is C15H22N4O3. The van der Waals surface area contributed by atoms with Crippen molar-refractivity contribution in [3.05, 3.63) is 23.8 Å². The number of aromatic nitrogens is 2. The number of methoxy groups -OCH3 is 1. The van der Waals surface area contributed by atoms with Crippen LogP contribution >= 0.6 is 0 Å². The lowest BCUT2D eigenvalue weighted by atomic mass is 10.1. The normalized spacial score (nSPS) is 17.6. The van der Waals surface area contributed by atoms with Crippen LogP contribution in [-0.2, 0) is 20.9 Å². The quantitative estimate of drug-likeness (QED) is 0.803. The summed E-state index contributed by atoms with van der Waals surface area (Å²) in [5.74, 6) is -0.0528. The molecule has 1 aromatic heterocycles. The van der Waals surface area contributed by atoms with Gasteiger partial charge in [-0.25, -0.2) is 0 Å². The highest BCUT2D eigenvalue weighted by atomic mass is 16.5. The van der Waals surface area contributed by atoms with Crippen molar-refractivity contribution in [2.75, 3.05) is 27.3 Å². The number of likely N-dealkylation sites (tertiary alicyclic amines) is 1. The zero-order valence-electron chi connectivity index (χ0n) is 13.3. The fourth-order valence-corrected chi connectivity index (χ4v) is 2.59. The summed E-state index contributed by atoms with van der Waals surface area (Å²) in [6, 6.07) is -0.0577. The molecule has 0 bridgehead atoms. The van der Waals surface area contributed by atoms with Crippen molar-refractivity contribution in [3.63, 3.8) is 0 Å². The molecule has 1 saturated heterocycles. The fourth-order valence-electron chi connectivity index (χ4n) is 2.59. The Morgan fingerprint density at radius 3 is 2.91 bits per heavy atom. The second-order valence-corrected chi connectivity index (χ2v) is 5.49. The van der Waals surface area contributed by atoms with E-state index in [0.717, 1.165) is 24.2 Å². The van der Waals surface area contributed by atoms with Crippen molar-refractivity contribution in [1.29, 1.82) is 0 Å². The molecular weight excluding hydrogens is 284 g/mol. The highest BCUT2D eigenvalue weighted by Gasteiger charge is 2.31. The van der Waals surface area contributed by atoms with Crippen LogP contribution in [0.15, 0.2) is 12.4 Å². The average Bonchev–Trinajstić information content (AvgIpc) is 2.97. The molecule has 1 atom stereocenters. The van der Waals surface area contributed by atoms with Gasteiger partial charge in [-0.3, -0.25) is 19.6 Å². The van der Waals surface area contributed by atoms with Crippen molar-refractivity contribution in [2.45, 2.75) is 32.4 Å². The van der Waals surface area contributed by atoms with E-state index in [1.807, 2.05) is 0 Å². The van der Waals surface area contributed by atoms with Gasteiger partial charge in [0.05, 0.1) is 36.4 Å². The van der Waals surface area contributed by atoms with Crippen LogP contribution in [0.25, 0.3) is 0 Å². The number of ether oxygens (including phenoxy) is 1. The van der Waals surface area contributed by atoms with Gasteiger partial charge < -0.3 is 14.5 Å². The summed E-state index contributed by atoms with van der Waals surface area (Å²) in [6.45, 7) is 2.72. The smallest absolute Gasteiger partial charge is 0.249 e. The van der Waals surface area contributed by atoms with Gasteiger partial charge in [-0.1, -0.05) is 0 Å². The predicted molar refractivity (Wildman–Crippen MR) is 79.7 cm³/mol. The average molecular weight is 306 g/mol. The van der Waals surface area contributed by atoms with Crippen LogP contribution in [0.4, 0.5) is 0 Å². The number of amides is 2. The first kappa shape index (κ1) is 16.4. The summed E-state index contributed by atoms with van der Waals surface area (Å²) >= 11 is 0. The standard InChI is InChI=1S/C15H22N4O3/c1-11(20)18(2)9-12-7-16-8-13(17-12)14-5-4-6-19(14)15(21)10-22-3/h7-8,14H,4-6,9-10H2,1-3H3/t14-/m1/s1. The Labute approximate surface area is 130 Å². The zero-order valence-corrected chi connectivity index (χ0v) is 13.3. The first-order valence-corrected chi connectivity index (χ1v) is 7.34. The van der Waals surface area contributed by atoms with Gasteiger partial charge in [0.15, 0.2) is 0 Å². The molecule has 1 aromatic rings. The predicted octanol–water partition coefficient (Wildman–Crippen LogP) is 0.765. The van der Waals surface area contributed by atoms with E-state index in [9.17, 15) is 9.59 Å². The minimum atomic E-state index is -0.0577. The lowest BCUT2D eigenvalue weighted by Gasteiger charge is -2.24. The fraction of sp³-hybridized carbons (Fsp3) is 0.600. The van der Waals surface area contributed by atoms with Gasteiger partial charge in [0.1, 0.15) is 6.61 Å². The summed E-state index contributed by atoms with van der Waals surface area (Å²) in [5.41, 5.74) is 1.50. The van der Waals surface area contributed by atoms with Crippen LogP contribution in [0.2, 0.25) is 0 Å². The van der Waals surface area contributed by atoms with E-state index in [0.29, 0.717) is 13.1 Å². The topological polar surface area (TPSA) is 75.6 Å². The number of nitrogens with zero attached hydrogens (tertiary/aromatic N) is 4. The van der Waals surface area contributed by atoms with Crippen LogP contribution in [0.3, 0.4) is 0 Å². The number of rotatable bonds is 5. The summed E-state index contributed by atoms with van der Waals surface area (Å²) in [5, 5.41) is 0. The van der Waals surface area contributed by atoms with Gasteiger partial charge in [-0.15, -0.1) is 0 Å². The van der Waals surface area contributed by atoms with Gasteiger partial charge in [0.2, 0.25) is 11.8 Å². The molecule has 1 aliphatic rings. The Balaban J connectivity index is 2.14. The van der Waals surface area contributed by atoms with E-state index in [1.165, 1.54) is 14.0 Å². The highest BCUT2D eigenvalue weighted by Crippen LogP contribution is 2.30. The van der Waals surface area contributed by atoms with Crippen LogP contribution in [0, 0.1) is 0 Å². The number of carbonyl (C=O) groups is 2. The number of carbonyl (C=O) groups excluding carboxylic acids is 2. The Bertz CT molecular complexity index is 549. The van der Waals surface area contributed by atoms with Crippen molar-refractivity contribution >= 4 is 11.8 Å². The van der Waals surface area contributed by atoms with Crippen molar-refractivity contribution in [2.24, 2.45) is 0 Å². The maximum Gasteiger partial charge on any atom is 0.249 e. The molecule has 1 aliphatic heterocycles. The Kier molecular flexibility index (Phi) is 5.43. The maximum absolute atomic E-state index is 12.1. The van der Waals surface area contributed by atoms with E-state index in [4.69, 9.17) is 4.74 Å². The van der Waals surface area contributed by atoms with Crippen molar-refractivity contribution in [3.8, 4) is 0 Å². The molecule has 0 aromatic carbocycles. The second-order valence-electron chi connectivity index (χ2n) is 5.49. The molecule has 2 heterocycles. The summed E-state index contributed by atoms with van der Waals surface area (Å²) in [6.07, 6.45) is 5.16. The van der Waals surface area contributed by atoms with E-state index in [1.54, 1.807) is 29.2 Å².